The van der Waals surface area contributed by atoms with Crippen molar-refractivity contribution in [3.05, 3.63) is 58.7 Å². The minimum absolute atomic E-state index is 0.234. The van der Waals surface area contributed by atoms with Crippen molar-refractivity contribution in [2.24, 2.45) is 0 Å². The summed E-state index contributed by atoms with van der Waals surface area (Å²) in [5.74, 6) is 1.68. The lowest BCUT2D eigenvalue weighted by Gasteiger charge is -2.22. The lowest BCUT2D eigenvalue weighted by molar-refractivity contribution is 0.606. The molecule has 1 aliphatic rings. The van der Waals surface area contributed by atoms with E-state index >= 15 is 0 Å². The van der Waals surface area contributed by atoms with Crippen molar-refractivity contribution < 1.29 is 4.39 Å². The van der Waals surface area contributed by atoms with E-state index in [1.54, 1.807) is 6.20 Å². The molecule has 0 saturated carbocycles. The van der Waals surface area contributed by atoms with Gasteiger partial charge in [-0.05, 0) is 61.1 Å². The van der Waals surface area contributed by atoms with E-state index in [0.29, 0.717) is 6.42 Å². The Balaban J connectivity index is 1.93. The molecule has 0 spiro atoms. The largest absolute Gasteiger partial charge is 0.283 e. The molecule has 1 aliphatic heterocycles. The molecule has 0 bridgehead atoms. The number of nitrogens with zero attached hydrogens (tertiary/aromatic N) is 4. The highest BCUT2D eigenvalue weighted by Crippen LogP contribution is 2.34. The first-order chi connectivity index (χ1) is 11.6. The zero-order valence-corrected chi connectivity index (χ0v) is 14.1. The van der Waals surface area contributed by atoms with Gasteiger partial charge in [-0.25, -0.2) is 4.39 Å². The maximum Gasteiger partial charge on any atom is 0.145 e. The number of benzene rings is 1. The van der Waals surface area contributed by atoms with Gasteiger partial charge in [-0.3, -0.25) is 9.55 Å². The number of hydrogen-bond acceptors (Lipinski definition) is 3. The van der Waals surface area contributed by atoms with Gasteiger partial charge in [0, 0.05) is 18.2 Å². The fourth-order valence-corrected chi connectivity index (χ4v) is 3.69. The van der Waals surface area contributed by atoms with Crippen LogP contribution in [-0.2, 0) is 19.3 Å². The Morgan fingerprint density at radius 3 is 2.75 bits per heavy atom. The first-order valence-electron chi connectivity index (χ1n) is 8.27. The summed E-state index contributed by atoms with van der Waals surface area (Å²) in [5.41, 5.74) is 6.22. The average molecular weight is 322 g/mol. The van der Waals surface area contributed by atoms with Gasteiger partial charge < -0.3 is 0 Å². The zero-order valence-electron chi connectivity index (χ0n) is 14.1. The van der Waals surface area contributed by atoms with Gasteiger partial charge in [0.1, 0.15) is 17.5 Å². The molecular weight excluding hydrogens is 303 g/mol. The lowest BCUT2D eigenvalue weighted by Crippen LogP contribution is -2.15. The molecule has 0 N–H and O–H groups in total. The highest BCUT2D eigenvalue weighted by Gasteiger charge is 2.22. The molecule has 24 heavy (non-hydrogen) atoms. The molecule has 0 saturated heterocycles. The average Bonchev–Trinajstić information content (AvgIpc) is 2.95. The van der Waals surface area contributed by atoms with Crippen LogP contribution in [0.25, 0.3) is 16.8 Å². The predicted octanol–water partition coefficient (Wildman–Crippen LogP) is 3.75. The van der Waals surface area contributed by atoms with Crippen LogP contribution in [0.2, 0.25) is 0 Å². The molecule has 3 aromatic rings. The molecule has 4 rings (SSSR count). The van der Waals surface area contributed by atoms with Crippen molar-refractivity contribution >= 4 is 0 Å². The number of rotatable bonds is 2. The molecule has 0 radical (unpaired) electrons. The van der Waals surface area contributed by atoms with E-state index < -0.39 is 0 Å². The summed E-state index contributed by atoms with van der Waals surface area (Å²) >= 11 is 0. The van der Waals surface area contributed by atoms with E-state index in [1.165, 1.54) is 17.4 Å². The van der Waals surface area contributed by atoms with Gasteiger partial charge in [-0.15, -0.1) is 10.2 Å². The molecule has 5 heteroatoms. The Morgan fingerprint density at radius 1 is 1.12 bits per heavy atom. The molecule has 0 aliphatic carbocycles. The Hall–Kier alpha value is -2.56. The number of aromatic nitrogens is 4. The summed E-state index contributed by atoms with van der Waals surface area (Å²) in [5, 5.41) is 8.48. The SMILES string of the molecule is CCc1c(F)cncc1-c1cc(C)c2c(c1)CCc1nnc(C)n1-2. The molecular formula is C19H19FN4. The van der Waals surface area contributed by atoms with Crippen LogP contribution in [-0.4, -0.2) is 19.7 Å². The molecule has 0 fully saturated rings. The normalized spacial score (nSPS) is 12.8. The van der Waals surface area contributed by atoms with Gasteiger partial charge in [0.15, 0.2) is 0 Å². The van der Waals surface area contributed by atoms with Crippen LogP contribution < -0.4 is 0 Å². The molecule has 122 valence electrons. The number of halogens is 1. The molecule has 0 atom stereocenters. The predicted molar refractivity (Wildman–Crippen MR) is 90.8 cm³/mol. The number of pyridine rings is 1. The maximum atomic E-state index is 14.1. The third kappa shape index (κ3) is 2.15. The third-order valence-electron chi connectivity index (χ3n) is 4.78. The van der Waals surface area contributed by atoms with Crippen molar-refractivity contribution in [2.75, 3.05) is 0 Å². The Bertz CT molecular complexity index is 943. The molecule has 3 heterocycles. The number of hydrogen-bond donors (Lipinski definition) is 0. The minimum atomic E-state index is -0.234. The van der Waals surface area contributed by atoms with Crippen molar-refractivity contribution in [3.8, 4) is 16.8 Å². The fourth-order valence-electron chi connectivity index (χ4n) is 3.69. The first-order valence-corrected chi connectivity index (χ1v) is 8.27. The summed E-state index contributed by atoms with van der Waals surface area (Å²) in [7, 11) is 0. The lowest BCUT2D eigenvalue weighted by atomic mass is 9.92. The van der Waals surface area contributed by atoms with Crippen LogP contribution >= 0.6 is 0 Å². The van der Waals surface area contributed by atoms with E-state index in [0.717, 1.165) is 46.7 Å². The van der Waals surface area contributed by atoms with E-state index in [9.17, 15) is 4.39 Å². The molecule has 0 unspecified atom stereocenters. The van der Waals surface area contributed by atoms with Crippen molar-refractivity contribution in [2.45, 2.75) is 40.0 Å². The molecule has 4 nitrogen and oxygen atoms in total. The molecule has 1 aromatic carbocycles. The van der Waals surface area contributed by atoms with Gasteiger partial charge in [0.05, 0.1) is 11.9 Å². The Labute approximate surface area is 140 Å². The van der Waals surface area contributed by atoms with E-state index in [2.05, 4.69) is 38.8 Å². The first kappa shape index (κ1) is 15.0. The minimum Gasteiger partial charge on any atom is -0.283 e. The summed E-state index contributed by atoms with van der Waals surface area (Å²) in [6.07, 6.45) is 5.50. The highest BCUT2D eigenvalue weighted by molar-refractivity contribution is 5.71. The maximum absolute atomic E-state index is 14.1. The number of aryl methyl sites for hydroxylation is 4. The van der Waals surface area contributed by atoms with Gasteiger partial charge in [0.25, 0.3) is 0 Å². The van der Waals surface area contributed by atoms with E-state index in [4.69, 9.17) is 0 Å². The Morgan fingerprint density at radius 2 is 1.96 bits per heavy atom. The highest BCUT2D eigenvalue weighted by atomic mass is 19.1. The van der Waals surface area contributed by atoms with E-state index in [1.807, 2.05) is 13.8 Å². The van der Waals surface area contributed by atoms with Gasteiger partial charge >= 0.3 is 0 Å². The van der Waals surface area contributed by atoms with Crippen molar-refractivity contribution in [1.29, 1.82) is 0 Å². The summed E-state index contributed by atoms with van der Waals surface area (Å²) in [6.45, 7) is 6.04. The van der Waals surface area contributed by atoms with Crippen LogP contribution in [0.5, 0.6) is 0 Å². The third-order valence-corrected chi connectivity index (χ3v) is 4.78. The second-order valence-corrected chi connectivity index (χ2v) is 6.30. The standard InChI is InChI=1S/C19H19FN4/c1-4-15-16(9-21-10-17(15)20)14-7-11(2)19-13(8-14)5-6-18-23-22-12(3)24(18)19/h7-10H,4-6H2,1-3H3. The monoisotopic (exact) mass is 322 g/mol. The van der Waals surface area contributed by atoms with Crippen LogP contribution in [0.3, 0.4) is 0 Å². The Kier molecular flexibility index (Phi) is 3.44. The van der Waals surface area contributed by atoms with Gasteiger partial charge in [-0.1, -0.05) is 6.92 Å². The topological polar surface area (TPSA) is 43.6 Å². The second kappa shape index (κ2) is 5.51. The smallest absolute Gasteiger partial charge is 0.145 e. The van der Waals surface area contributed by atoms with Crippen LogP contribution in [0.1, 0.15) is 35.3 Å². The van der Waals surface area contributed by atoms with Crippen LogP contribution in [0.15, 0.2) is 24.5 Å². The quantitative estimate of drug-likeness (QED) is 0.722. The second-order valence-electron chi connectivity index (χ2n) is 6.30. The molecule has 2 aromatic heterocycles. The van der Waals surface area contributed by atoms with E-state index in [-0.39, 0.29) is 5.82 Å². The summed E-state index contributed by atoms with van der Waals surface area (Å²) in [6, 6.07) is 4.28. The van der Waals surface area contributed by atoms with Crippen molar-refractivity contribution in [1.82, 2.24) is 19.7 Å². The number of fused-ring (bicyclic) bond motifs is 3. The molecule has 0 amide bonds. The fraction of sp³-hybridized carbons (Fsp3) is 0.316. The summed E-state index contributed by atoms with van der Waals surface area (Å²) < 4.78 is 16.2. The van der Waals surface area contributed by atoms with Crippen molar-refractivity contribution in [3.63, 3.8) is 0 Å². The van der Waals surface area contributed by atoms with Crippen LogP contribution in [0.4, 0.5) is 4.39 Å². The zero-order chi connectivity index (χ0) is 16.8. The van der Waals surface area contributed by atoms with Gasteiger partial charge in [-0.2, -0.15) is 0 Å². The summed E-state index contributed by atoms with van der Waals surface area (Å²) in [4.78, 5) is 4.05. The van der Waals surface area contributed by atoms with Gasteiger partial charge in [0.2, 0.25) is 0 Å². The van der Waals surface area contributed by atoms with Crippen LogP contribution in [0, 0.1) is 19.7 Å².